The van der Waals surface area contributed by atoms with E-state index in [1.807, 2.05) is 18.2 Å². The highest BCUT2D eigenvalue weighted by atomic mass is 16.2. The number of nitrogens with zero attached hydrogens (tertiary/aromatic N) is 2. The minimum Gasteiger partial charge on any atom is -0.325 e. The van der Waals surface area contributed by atoms with Gasteiger partial charge < -0.3 is 16.0 Å². The normalized spacial score (nSPS) is 19.5. The molecule has 1 heterocycles. The Balaban J connectivity index is 1.73. The van der Waals surface area contributed by atoms with Gasteiger partial charge in [-0.25, -0.2) is 0 Å². The third-order valence-corrected chi connectivity index (χ3v) is 4.06. The van der Waals surface area contributed by atoms with E-state index in [9.17, 15) is 4.79 Å². The molecular formula is C17H24N4O. The predicted octanol–water partition coefficient (Wildman–Crippen LogP) is 1.40. The lowest BCUT2D eigenvalue weighted by atomic mass is 10.0. The third kappa shape index (κ3) is 4.55. The maximum absolute atomic E-state index is 12.4. The zero-order valence-electron chi connectivity index (χ0n) is 12.9. The van der Waals surface area contributed by atoms with E-state index in [4.69, 9.17) is 11.0 Å². The minimum absolute atomic E-state index is 0.0900. The zero-order chi connectivity index (χ0) is 15.8. The fourth-order valence-electron chi connectivity index (χ4n) is 2.75. The largest absolute Gasteiger partial charge is 0.325 e. The van der Waals surface area contributed by atoms with E-state index in [0.29, 0.717) is 19.5 Å². The number of rotatable bonds is 6. The van der Waals surface area contributed by atoms with Gasteiger partial charge in [-0.05, 0) is 37.8 Å². The van der Waals surface area contributed by atoms with Gasteiger partial charge in [-0.15, -0.1) is 0 Å². The Morgan fingerprint density at radius 3 is 2.91 bits per heavy atom. The van der Waals surface area contributed by atoms with Gasteiger partial charge in [0.05, 0.1) is 12.1 Å². The predicted molar refractivity (Wildman–Crippen MR) is 85.7 cm³/mol. The number of nitrogens with one attached hydrogen (secondary N) is 1. The van der Waals surface area contributed by atoms with Crippen LogP contribution in [-0.4, -0.2) is 36.0 Å². The summed E-state index contributed by atoms with van der Waals surface area (Å²) in [6.07, 6.45) is 3.32. The van der Waals surface area contributed by atoms with Crippen molar-refractivity contribution >= 4 is 5.91 Å². The fraction of sp³-hybridized carbons (Fsp3) is 0.529. The van der Waals surface area contributed by atoms with Gasteiger partial charge in [0.15, 0.2) is 0 Å². The second-order valence-corrected chi connectivity index (χ2v) is 5.73. The molecule has 2 rings (SSSR count). The number of hydrogen-bond donors (Lipinski definition) is 2. The van der Waals surface area contributed by atoms with Crippen molar-refractivity contribution in [2.45, 2.75) is 44.3 Å². The van der Waals surface area contributed by atoms with Crippen LogP contribution in [0.1, 0.15) is 31.2 Å². The summed E-state index contributed by atoms with van der Waals surface area (Å²) in [6, 6.07) is 11.5. The second kappa shape index (κ2) is 8.52. The number of carbonyl (C=O) groups is 1. The van der Waals surface area contributed by atoms with Crippen LogP contribution in [0.25, 0.3) is 0 Å². The van der Waals surface area contributed by atoms with E-state index in [2.05, 4.69) is 23.5 Å². The molecule has 1 aromatic rings. The number of amides is 1. The van der Waals surface area contributed by atoms with Crippen LogP contribution in [0, 0.1) is 11.3 Å². The average Bonchev–Trinajstić information content (AvgIpc) is 2.58. The van der Waals surface area contributed by atoms with Crippen LogP contribution >= 0.6 is 0 Å². The number of piperidine rings is 1. The van der Waals surface area contributed by atoms with Crippen molar-refractivity contribution in [3.8, 4) is 6.07 Å². The molecule has 3 N–H and O–H groups in total. The van der Waals surface area contributed by atoms with Gasteiger partial charge in [0, 0.05) is 13.1 Å². The summed E-state index contributed by atoms with van der Waals surface area (Å²) in [7, 11) is 0. The van der Waals surface area contributed by atoms with E-state index in [-0.39, 0.29) is 11.9 Å². The van der Waals surface area contributed by atoms with Crippen molar-refractivity contribution in [3.05, 3.63) is 35.9 Å². The molecule has 5 heteroatoms. The highest BCUT2D eigenvalue weighted by Crippen LogP contribution is 2.17. The Labute approximate surface area is 132 Å². The van der Waals surface area contributed by atoms with Crippen LogP contribution in [0.4, 0.5) is 0 Å². The fourth-order valence-corrected chi connectivity index (χ4v) is 2.75. The lowest BCUT2D eigenvalue weighted by molar-refractivity contribution is -0.135. The van der Waals surface area contributed by atoms with Gasteiger partial charge in [0.25, 0.3) is 0 Å². The first-order chi connectivity index (χ1) is 10.7. The summed E-state index contributed by atoms with van der Waals surface area (Å²) in [5.41, 5.74) is 7.21. The quantitative estimate of drug-likeness (QED) is 0.778. The molecule has 0 aliphatic carbocycles. The molecule has 0 bridgehead atoms. The molecule has 1 aromatic carbocycles. The van der Waals surface area contributed by atoms with Gasteiger partial charge >= 0.3 is 0 Å². The first kappa shape index (κ1) is 16.5. The summed E-state index contributed by atoms with van der Waals surface area (Å²) in [4.78, 5) is 14.0. The van der Waals surface area contributed by atoms with E-state index in [1.54, 1.807) is 4.90 Å². The zero-order valence-corrected chi connectivity index (χ0v) is 12.9. The van der Waals surface area contributed by atoms with Gasteiger partial charge in [0.2, 0.25) is 5.91 Å². The monoisotopic (exact) mass is 300 g/mol. The number of hydrogen-bond acceptors (Lipinski definition) is 4. The molecule has 22 heavy (non-hydrogen) atoms. The van der Waals surface area contributed by atoms with Crippen LogP contribution in [-0.2, 0) is 11.3 Å². The summed E-state index contributed by atoms with van der Waals surface area (Å²) < 4.78 is 0. The SMILES string of the molecule is N#C[C@@H]1CCCCN1C(=O)C(N)CCNCc1ccccc1. The summed E-state index contributed by atoms with van der Waals surface area (Å²) >= 11 is 0. The van der Waals surface area contributed by atoms with Crippen molar-refractivity contribution < 1.29 is 4.79 Å². The van der Waals surface area contributed by atoms with Gasteiger partial charge in [-0.3, -0.25) is 4.79 Å². The molecule has 118 valence electrons. The molecule has 0 aromatic heterocycles. The molecule has 0 spiro atoms. The number of benzene rings is 1. The van der Waals surface area contributed by atoms with Crippen molar-refractivity contribution in [2.24, 2.45) is 5.73 Å². The lowest BCUT2D eigenvalue weighted by Gasteiger charge is -2.33. The highest BCUT2D eigenvalue weighted by molar-refractivity contribution is 5.82. The van der Waals surface area contributed by atoms with Gasteiger partial charge in [-0.2, -0.15) is 5.26 Å². The van der Waals surface area contributed by atoms with E-state index in [1.165, 1.54) is 5.56 Å². The van der Waals surface area contributed by atoms with Crippen LogP contribution in [0.5, 0.6) is 0 Å². The van der Waals surface area contributed by atoms with Crippen LogP contribution in [0.3, 0.4) is 0 Å². The van der Waals surface area contributed by atoms with E-state index in [0.717, 1.165) is 25.8 Å². The molecule has 1 fully saturated rings. The first-order valence-electron chi connectivity index (χ1n) is 7.92. The van der Waals surface area contributed by atoms with Gasteiger partial charge in [0.1, 0.15) is 6.04 Å². The van der Waals surface area contributed by atoms with Crippen molar-refractivity contribution in [1.82, 2.24) is 10.2 Å². The minimum atomic E-state index is -0.530. The molecular weight excluding hydrogens is 276 g/mol. The Hall–Kier alpha value is -1.90. The van der Waals surface area contributed by atoms with Crippen LogP contribution in [0.15, 0.2) is 30.3 Å². The maximum atomic E-state index is 12.4. The molecule has 1 unspecified atom stereocenters. The van der Waals surface area contributed by atoms with E-state index >= 15 is 0 Å². The number of nitriles is 1. The van der Waals surface area contributed by atoms with Crippen LogP contribution in [0.2, 0.25) is 0 Å². The number of carbonyl (C=O) groups excluding carboxylic acids is 1. The smallest absolute Gasteiger partial charge is 0.240 e. The summed E-state index contributed by atoms with van der Waals surface area (Å²) in [6.45, 7) is 2.11. The van der Waals surface area contributed by atoms with Crippen molar-refractivity contribution in [2.75, 3.05) is 13.1 Å². The van der Waals surface area contributed by atoms with Gasteiger partial charge in [-0.1, -0.05) is 30.3 Å². The Morgan fingerprint density at radius 2 is 2.18 bits per heavy atom. The highest BCUT2D eigenvalue weighted by Gasteiger charge is 2.29. The topological polar surface area (TPSA) is 82.2 Å². The maximum Gasteiger partial charge on any atom is 0.240 e. The van der Waals surface area contributed by atoms with Crippen LogP contribution < -0.4 is 11.1 Å². The number of likely N-dealkylation sites (tertiary alicyclic amines) is 1. The molecule has 1 aliphatic rings. The Morgan fingerprint density at radius 1 is 1.41 bits per heavy atom. The molecule has 1 saturated heterocycles. The molecule has 1 aliphatic heterocycles. The second-order valence-electron chi connectivity index (χ2n) is 5.73. The van der Waals surface area contributed by atoms with Crippen molar-refractivity contribution in [1.29, 1.82) is 5.26 Å². The van der Waals surface area contributed by atoms with E-state index < -0.39 is 6.04 Å². The summed E-state index contributed by atoms with van der Waals surface area (Å²) in [5.74, 6) is -0.0900. The standard InChI is InChI=1S/C17H24N4O/c18-12-15-8-4-5-11-21(15)17(22)16(19)9-10-20-13-14-6-2-1-3-7-14/h1-3,6-7,15-16,20H,4-5,8-11,13,19H2/t15-,16?/m0/s1. The Kier molecular flexibility index (Phi) is 6.38. The average molecular weight is 300 g/mol. The van der Waals surface area contributed by atoms with Crippen molar-refractivity contribution in [3.63, 3.8) is 0 Å². The molecule has 5 nitrogen and oxygen atoms in total. The lowest BCUT2D eigenvalue weighted by Crippen LogP contribution is -2.50. The molecule has 0 saturated carbocycles. The summed E-state index contributed by atoms with van der Waals surface area (Å²) in [5, 5.41) is 12.4. The number of nitrogens with two attached hydrogens (primary N) is 1. The third-order valence-electron chi connectivity index (χ3n) is 4.06. The first-order valence-corrected chi connectivity index (χ1v) is 7.92. The molecule has 0 radical (unpaired) electrons. The molecule has 1 amide bonds. The molecule has 2 atom stereocenters. The Bertz CT molecular complexity index is 511.